The number of rotatable bonds is 1. The monoisotopic (exact) mass is 302 g/mol. The first-order valence-corrected chi connectivity index (χ1v) is 5.66. The number of aromatic nitrogens is 2. The van der Waals surface area contributed by atoms with E-state index in [-0.39, 0.29) is 0 Å². The van der Waals surface area contributed by atoms with Gasteiger partial charge in [0.15, 0.2) is 4.73 Å². The Morgan fingerprint density at radius 3 is 2.53 bits per heavy atom. The molecule has 0 aliphatic carbocycles. The zero-order valence-electron chi connectivity index (χ0n) is 7.42. The molecule has 2 rings (SSSR count). The highest BCUT2D eigenvalue weighted by atomic mass is 79.9. The third-order valence-electron chi connectivity index (χ3n) is 1.79. The van der Waals surface area contributed by atoms with E-state index in [2.05, 4.69) is 25.9 Å². The van der Waals surface area contributed by atoms with Crippen molar-refractivity contribution < 1.29 is 0 Å². The minimum Gasteiger partial charge on any atom is -0.222 e. The highest BCUT2D eigenvalue weighted by Gasteiger charge is 2.03. The third kappa shape index (κ3) is 2.68. The van der Waals surface area contributed by atoms with E-state index < -0.39 is 0 Å². The van der Waals surface area contributed by atoms with Gasteiger partial charge in [-0.2, -0.15) is 0 Å². The van der Waals surface area contributed by atoms with Gasteiger partial charge in [-0.25, -0.2) is 9.97 Å². The van der Waals surface area contributed by atoms with Gasteiger partial charge in [0.1, 0.15) is 5.15 Å². The van der Waals surface area contributed by atoms with Crippen LogP contribution in [0.3, 0.4) is 0 Å². The molecule has 1 aromatic heterocycles. The van der Waals surface area contributed by atoms with Crippen LogP contribution in [0, 0.1) is 0 Å². The molecule has 1 heterocycles. The first-order chi connectivity index (χ1) is 7.15. The highest BCUT2D eigenvalue weighted by Crippen LogP contribution is 2.23. The predicted octanol–water partition coefficient (Wildman–Crippen LogP) is 4.21. The van der Waals surface area contributed by atoms with Gasteiger partial charge < -0.3 is 0 Å². The fourth-order valence-electron chi connectivity index (χ4n) is 1.19. The zero-order valence-corrected chi connectivity index (χ0v) is 10.5. The SMILES string of the molecule is Clc1cccc(-c2cc(Cl)nc(Br)n2)c1. The van der Waals surface area contributed by atoms with Crippen molar-refractivity contribution in [1.82, 2.24) is 9.97 Å². The van der Waals surface area contributed by atoms with Crippen LogP contribution in [0.4, 0.5) is 0 Å². The van der Waals surface area contributed by atoms with Crippen molar-refractivity contribution in [1.29, 1.82) is 0 Å². The van der Waals surface area contributed by atoms with E-state index in [4.69, 9.17) is 23.2 Å². The Morgan fingerprint density at radius 2 is 1.87 bits per heavy atom. The van der Waals surface area contributed by atoms with Gasteiger partial charge in [0.2, 0.25) is 0 Å². The van der Waals surface area contributed by atoms with E-state index >= 15 is 0 Å². The van der Waals surface area contributed by atoms with E-state index in [0.29, 0.717) is 14.9 Å². The zero-order chi connectivity index (χ0) is 10.8. The molecule has 0 N–H and O–H groups in total. The first kappa shape index (κ1) is 10.9. The average molecular weight is 304 g/mol. The first-order valence-electron chi connectivity index (χ1n) is 4.11. The smallest absolute Gasteiger partial charge is 0.198 e. The molecule has 0 radical (unpaired) electrons. The molecule has 0 spiro atoms. The quantitative estimate of drug-likeness (QED) is 0.582. The molecule has 0 bridgehead atoms. The van der Waals surface area contributed by atoms with Gasteiger partial charge in [-0.05, 0) is 28.1 Å². The fraction of sp³-hybridized carbons (Fsp3) is 0. The summed E-state index contributed by atoms with van der Waals surface area (Å²) in [6, 6.07) is 9.10. The summed E-state index contributed by atoms with van der Waals surface area (Å²) < 4.78 is 0.463. The lowest BCUT2D eigenvalue weighted by Crippen LogP contribution is -1.88. The Labute approximate surface area is 105 Å². The molecular formula is C10H5BrCl2N2. The van der Waals surface area contributed by atoms with Crippen LogP contribution in [0.5, 0.6) is 0 Å². The molecule has 2 aromatic rings. The summed E-state index contributed by atoms with van der Waals surface area (Å²) >= 11 is 14.9. The summed E-state index contributed by atoms with van der Waals surface area (Å²) in [5.74, 6) is 0. The lowest BCUT2D eigenvalue weighted by molar-refractivity contribution is 1.12. The van der Waals surface area contributed by atoms with Gasteiger partial charge in [0.25, 0.3) is 0 Å². The van der Waals surface area contributed by atoms with E-state index in [1.54, 1.807) is 6.07 Å². The molecule has 0 fully saturated rings. The molecule has 15 heavy (non-hydrogen) atoms. The number of hydrogen-bond donors (Lipinski definition) is 0. The lowest BCUT2D eigenvalue weighted by Gasteiger charge is -2.02. The van der Waals surface area contributed by atoms with E-state index in [9.17, 15) is 0 Å². The van der Waals surface area contributed by atoms with Crippen LogP contribution in [-0.4, -0.2) is 9.97 Å². The maximum absolute atomic E-state index is 5.89. The topological polar surface area (TPSA) is 25.8 Å². The van der Waals surface area contributed by atoms with E-state index in [1.807, 2.05) is 24.3 Å². The van der Waals surface area contributed by atoms with Crippen molar-refractivity contribution in [2.24, 2.45) is 0 Å². The fourth-order valence-corrected chi connectivity index (χ4v) is 2.04. The van der Waals surface area contributed by atoms with Crippen molar-refractivity contribution in [3.05, 3.63) is 45.2 Å². The molecule has 5 heteroatoms. The standard InChI is InChI=1S/C10H5BrCl2N2/c11-10-14-8(5-9(13)15-10)6-2-1-3-7(12)4-6/h1-5H. The molecule has 0 saturated carbocycles. The van der Waals surface area contributed by atoms with Crippen LogP contribution in [0.25, 0.3) is 11.3 Å². The molecule has 2 nitrogen and oxygen atoms in total. The molecule has 0 saturated heterocycles. The number of nitrogens with zero attached hydrogens (tertiary/aromatic N) is 2. The normalized spacial score (nSPS) is 10.3. The van der Waals surface area contributed by atoms with E-state index in [0.717, 1.165) is 11.3 Å². The second-order valence-corrected chi connectivity index (χ2v) is 4.39. The molecule has 1 aromatic carbocycles. The maximum Gasteiger partial charge on any atom is 0.198 e. The summed E-state index contributed by atoms with van der Waals surface area (Å²) in [4.78, 5) is 8.13. The predicted molar refractivity (Wildman–Crippen MR) is 65.2 cm³/mol. The molecular weight excluding hydrogens is 299 g/mol. The van der Waals surface area contributed by atoms with Crippen molar-refractivity contribution in [3.8, 4) is 11.3 Å². The minimum absolute atomic E-state index is 0.395. The Morgan fingerprint density at radius 1 is 1.07 bits per heavy atom. The molecule has 0 atom stereocenters. The summed E-state index contributed by atoms with van der Waals surface area (Å²) in [5, 5.41) is 1.06. The van der Waals surface area contributed by atoms with Crippen LogP contribution in [-0.2, 0) is 0 Å². The van der Waals surface area contributed by atoms with Crippen LogP contribution < -0.4 is 0 Å². The third-order valence-corrected chi connectivity index (χ3v) is 2.57. The Kier molecular flexibility index (Phi) is 3.24. The number of benzene rings is 1. The maximum atomic E-state index is 5.89. The lowest BCUT2D eigenvalue weighted by atomic mass is 10.1. The van der Waals surface area contributed by atoms with Gasteiger partial charge >= 0.3 is 0 Å². The second kappa shape index (κ2) is 4.47. The Balaban J connectivity index is 2.54. The summed E-state index contributed by atoms with van der Waals surface area (Å²) in [6.45, 7) is 0. The summed E-state index contributed by atoms with van der Waals surface area (Å²) in [6.07, 6.45) is 0. The van der Waals surface area contributed by atoms with Crippen molar-refractivity contribution >= 4 is 39.1 Å². The Hall–Kier alpha value is -0.640. The molecule has 0 aliphatic heterocycles. The van der Waals surface area contributed by atoms with Gasteiger partial charge in [-0.1, -0.05) is 35.3 Å². The minimum atomic E-state index is 0.395. The largest absolute Gasteiger partial charge is 0.222 e. The number of hydrogen-bond acceptors (Lipinski definition) is 2. The van der Waals surface area contributed by atoms with Crippen LogP contribution in [0.2, 0.25) is 10.2 Å². The summed E-state index contributed by atoms with van der Waals surface area (Å²) in [5.41, 5.74) is 1.65. The van der Waals surface area contributed by atoms with Crippen LogP contribution in [0.1, 0.15) is 0 Å². The molecule has 0 unspecified atom stereocenters. The molecule has 76 valence electrons. The highest BCUT2D eigenvalue weighted by molar-refractivity contribution is 9.10. The number of halogens is 3. The van der Waals surface area contributed by atoms with Gasteiger partial charge in [0, 0.05) is 16.7 Å². The van der Waals surface area contributed by atoms with Crippen LogP contribution in [0.15, 0.2) is 35.1 Å². The van der Waals surface area contributed by atoms with Gasteiger partial charge in [-0.3, -0.25) is 0 Å². The van der Waals surface area contributed by atoms with Crippen molar-refractivity contribution in [3.63, 3.8) is 0 Å². The van der Waals surface area contributed by atoms with Crippen molar-refractivity contribution in [2.45, 2.75) is 0 Å². The van der Waals surface area contributed by atoms with Gasteiger partial charge in [0.05, 0.1) is 5.69 Å². The molecule has 0 amide bonds. The van der Waals surface area contributed by atoms with Crippen molar-refractivity contribution in [2.75, 3.05) is 0 Å². The van der Waals surface area contributed by atoms with E-state index in [1.165, 1.54) is 0 Å². The Bertz CT molecular complexity index is 482. The molecule has 0 aliphatic rings. The second-order valence-electron chi connectivity index (χ2n) is 2.86. The summed E-state index contributed by atoms with van der Waals surface area (Å²) in [7, 11) is 0. The van der Waals surface area contributed by atoms with Gasteiger partial charge in [-0.15, -0.1) is 0 Å². The average Bonchev–Trinajstić information content (AvgIpc) is 2.16. The van der Waals surface area contributed by atoms with Crippen LogP contribution >= 0.6 is 39.1 Å².